The van der Waals surface area contributed by atoms with Crippen LogP contribution in [0.5, 0.6) is 0 Å². The van der Waals surface area contributed by atoms with E-state index in [1.54, 1.807) is 12.1 Å². The Morgan fingerprint density at radius 1 is 1.19 bits per heavy atom. The molecule has 0 bridgehead atoms. The smallest absolute Gasteiger partial charge is 0.141 e. The Kier molecular flexibility index (Phi) is 6.06. The molecule has 0 fully saturated rings. The molecule has 0 aliphatic carbocycles. The standard InChI is InChI=1S/C16H15BrCl2FN/c1-2-21-16(11-7-12(17)9-13(18)8-11)6-10-3-4-15(20)14(19)5-10/h3-5,7-9,16,21H,2,6H2,1H3. The lowest BCUT2D eigenvalue weighted by Gasteiger charge is -2.19. The molecule has 0 aliphatic heterocycles. The number of benzene rings is 2. The van der Waals surface area contributed by atoms with Gasteiger partial charge in [-0.25, -0.2) is 4.39 Å². The van der Waals surface area contributed by atoms with Crippen LogP contribution in [-0.4, -0.2) is 6.54 Å². The molecule has 21 heavy (non-hydrogen) atoms. The molecule has 1 atom stereocenters. The maximum atomic E-state index is 13.2. The van der Waals surface area contributed by atoms with Crippen molar-refractivity contribution in [3.8, 4) is 0 Å². The molecular formula is C16H15BrCl2FN. The molecule has 1 nitrogen and oxygen atoms in total. The maximum Gasteiger partial charge on any atom is 0.141 e. The quantitative estimate of drug-likeness (QED) is 0.681. The van der Waals surface area contributed by atoms with E-state index in [9.17, 15) is 4.39 Å². The van der Waals surface area contributed by atoms with Crippen molar-refractivity contribution in [3.63, 3.8) is 0 Å². The molecule has 5 heteroatoms. The second-order valence-corrected chi connectivity index (χ2v) is 6.52. The minimum absolute atomic E-state index is 0.0894. The van der Waals surface area contributed by atoms with E-state index < -0.39 is 5.82 Å². The first-order chi connectivity index (χ1) is 9.99. The zero-order valence-corrected chi connectivity index (χ0v) is 14.6. The molecule has 0 aliphatic rings. The Morgan fingerprint density at radius 3 is 2.57 bits per heavy atom. The van der Waals surface area contributed by atoms with Crippen molar-refractivity contribution in [2.45, 2.75) is 19.4 Å². The summed E-state index contributed by atoms with van der Waals surface area (Å²) in [5, 5.41) is 4.25. The van der Waals surface area contributed by atoms with Crippen molar-refractivity contribution < 1.29 is 4.39 Å². The molecule has 0 spiro atoms. The molecule has 1 unspecified atom stereocenters. The SMILES string of the molecule is CCNC(Cc1ccc(F)c(Cl)c1)c1cc(Cl)cc(Br)c1. The van der Waals surface area contributed by atoms with E-state index in [-0.39, 0.29) is 11.1 Å². The van der Waals surface area contributed by atoms with Gasteiger partial charge in [0.2, 0.25) is 0 Å². The van der Waals surface area contributed by atoms with Gasteiger partial charge in [0.1, 0.15) is 5.82 Å². The highest BCUT2D eigenvalue weighted by molar-refractivity contribution is 9.10. The van der Waals surface area contributed by atoms with Crippen LogP contribution in [0.3, 0.4) is 0 Å². The third kappa shape index (κ3) is 4.68. The number of hydrogen-bond donors (Lipinski definition) is 1. The first-order valence-corrected chi connectivity index (χ1v) is 8.17. The molecule has 2 aromatic rings. The average Bonchev–Trinajstić information content (AvgIpc) is 2.41. The van der Waals surface area contributed by atoms with Gasteiger partial charge in [-0.05, 0) is 54.4 Å². The monoisotopic (exact) mass is 389 g/mol. The first kappa shape index (κ1) is 16.8. The summed E-state index contributed by atoms with van der Waals surface area (Å²) < 4.78 is 14.2. The summed E-state index contributed by atoms with van der Waals surface area (Å²) in [4.78, 5) is 0. The van der Waals surface area contributed by atoms with E-state index in [0.717, 1.165) is 22.1 Å². The largest absolute Gasteiger partial charge is 0.310 e. The highest BCUT2D eigenvalue weighted by Crippen LogP contribution is 2.27. The number of rotatable bonds is 5. The maximum absolute atomic E-state index is 13.2. The van der Waals surface area contributed by atoms with Crippen LogP contribution in [0.25, 0.3) is 0 Å². The van der Waals surface area contributed by atoms with Gasteiger partial charge in [0.25, 0.3) is 0 Å². The fourth-order valence-corrected chi connectivity index (χ4v) is 3.32. The normalized spacial score (nSPS) is 12.4. The minimum Gasteiger partial charge on any atom is -0.310 e. The van der Waals surface area contributed by atoms with Crippen LogP contribution in [0.15, 0.2) is 40.9 Å². The summed E-state index contributed by atoms with van der Waals surface area (Å²) in [5.74, 6) is -0.397. The topological polar surface area (TPSA) is 12.0 Å². The van der Waals surface area contributed by atoms with Crippen molar-refractivity contribution >= 4 is 39.1 Å². The fraction of sp³-hybridized carbons (Fsp3) is 0.250. The molecule has 0 aromatic heterocycles. The molecule has 0 amide bonds. The van der Waals surface area contributed by atoms with E-state index in [2.05, 4.69) is 21.2 Å². The lowest BCUT2D eigenvalue weighted by Crippen LogP contribution is -2.23. The van der Waals surface area contributed by atoms with Crippen LogP contribution >= 0.6 is 39.1 Å². The number of hydrogen-bond acceptors (Lipinski definition) is 1. The van der Waals surface area contributed by atoms with Gasteiger partial charge in [0, 0.05) is 15.5 Å². The number of likely N-dealkylation sites (N-methyl/N-ethyl adjacent to an activating group) is 1. The van der Waals surface area contributed by atoms with Gasteiger partial charge in [-0.15, -0.1) is 0 Å². The Hall–Kier alpha value is -0.610. The number of halogens is 4. The Labute approximate surface area is 142 Å². The van der Waals surface area contributed by atoms with Crippen molar-refractivity contribution in [2.24, 2.45) is 0 Å². The number of nitrogens with one attached hydrogen (secondary N) is 1. The summed E-state index contributed by atoms with van der Waals surface area (Å²) in [5.41, 5.74) is 2.06. The van der Waals surface area contributed by atoms with Gasteiger partial charge in [0.05, 0.1) is 5.02 Å². The van der Waals surface area contributed by atoms with Crippen LogP contribution in [-0.2, 0) is 6.42 Å². The van der Waals surface area contributed by atoms with Crippen LogP contribution in [0, 0.1) is 5.82 Å². The van der Waals surface area contributed by atoms with Crippen molar-refractivity contribution in [3.05, 3.63) is 67.9 Å². The lowest BCUT2D eigenvalue weighted by molar-refractivity contribution is 0.548. The summed E-state index contributed by atoms with van der Waals surface area (Å²) in [6.07, 6.45) is 0.709. The summed E-state index contributed by atoms with van der Waals surface area (Å²) in [7, 11) is 0. The van der Waals surface area contributed by atoms with Crippen LogP contribution in [0.1, 0.15) is 24.1 Å². The van der Waals surface area contributed by atoms with Crippen LogP contribution < -0.4 is 5.32 Å². The molecule has 0 radical (unpaired) electrons. The molecule has 2 aromatic carbocycles. The predicted octanol–water partition coefficient (Wildman–Crippen LogP) is 5.79. The van der Waals surface area contributed by atoms with Crippen LogP contribution in [0.2, 0.25) is 10.0 Å². The van der Waals surface area contributed by atoms with Crippen LogP contribution in [0.4, 0.5) is 4.39 Å². The lowest BCUT2D eigenvalue weighted by atomic mass is 9.99. The second kappa shape index (κ2) is 7.59. The third-order valence-electron chi connectivity index (χ3n) is 3.16. The fourth-order valence-electron chi connectivity index (χ4n) is 2.23. The van der Waals surface area contributed by atoms with Crippen molar-refractivity contribution in [1.29, 1.82) is 0 Å². The Balaban J connectivity index is 2.27. The minimum atomic E-state index is -0.397. The molecule has 0 saturated carbocycles. The van der Waals surface area contributed by atoms with E-state index >= 15 is 0 Å². The predicted molar refractivity (Wildman–Crippen MR) is 90.7 cm³/mol. The van der Waals surface area contributed by atoms with E-state index in [0.29, 0.717) is 11.4 Å². The Morgan fingerprint density at radius 2 is 1.95 bits per heavy atom. The van der Waals surface area contributed by atoms with E-state index in [1.165, 1.54) is 6.07 Å². The highest BCUT2D eigenvalue weighted by Gasteiger charge is 2.13. The molecule has 2 rings (SSSR count). The van der Waals surface area contributed by atoms with Crippen molar-refractivity contribution in [2.75, 3.05) is 6.54 Å². The average molecular weight is 391 g/mol. The van der Waals surface area contributed by atoms with Gasteiger partial charge in [-0.1, -0.05) is 52.1 Å². The van der Waals surface area contributed by atoms with E-state index in [4.69, 9.17) is 23.2 Å². The van der Waals surface area contributed by atoms with Gasteiger partial charge >= 0.3 is 0 Å². The van der Waals surface area contributed by atoms with Gasteiger partial charge in [-0.3, -0.25) is 0 Å². The molecule has 0 saturated heterocycles. The van der Waals surface area contributed by atoms with Gasteiger partial charge in [0.15, 0.2) is 0 Å². The Bertz CT molecular complexity index is 613. The first-order valence-electron chi connectivity index (χ1n) is 6.63. The molecule has 112 valence electrons. The molecular weight excluding hydrogens is 376 g/mol. The zero-order valence-electron chi connectivity index (χ0n) is 11.5. The zero-order chi connectivity index (χ0) is 15.4. The van der Waals surface area contributed by atoms with E-state index in [1.807, 2.05) is 25.1 Å². The van der Waals surface area contributed by atoms with Gasteiger partial charge < -0.3 is 5.32 Å². The summed E-state index contributed by atoms with van der Waals surface area (Å²) in [6, 6.07) is 10.7. The highest BCUT2D eigenvalue weighted by atomic mass is 79.9. The third-order valence-corrected chi connectivity index (χ3v) is 4.13. The van der Waals surface area contributed by atoms with Gasteiger partial charge in [-0.2, -0.15) is 0 Å². The molecule has 1 N–H and O–H groups in total. The second-order valence-electron chi connectivity index (χ2n) is 4.77. The van der Waals surface area contributed by atoms with Crippen molar-refractivity contribution in [1.82, 2.24) is 5.32 Å². The summed E-state index contributed by atoms with van der Waals surface area (Å²) >= 11 is 15.4. The summed E-state index contributed by atoms with van der Waals surface area (Å²) in [6.45, 7) is 2.87. The molecule has 0 heterocycles.